The van der Waals surface area contributed by atoms with Gasteiger partial charge in [-0.25, -0.2) is 0 Å². The summed E-state index contributed by atoms with van der Waals surface area (Å²) in [4.78, 5) is 22.6. The molecular formula is C10H12O2. The molecule has 0 aromatic rings. The van der Waals surface area contributed by atoms with Crippen molar-refractivity contribution in [3.8, 4) is 0 Å². The maximum atomic E-state index is 11.3. The van der Waals surface area contributed by atoms with Crippen LogP contribution in [0.15, 0.2) is 17.9 Å². The summed E-state index contributed by atoms with van der Waals surface area (Å²) in [6.45, 7) is 7.17. The zero-order valence-corrected chi connectivity index (χ0v) is 7.44. The van der Waals surface area contributed by atoms with Crippen LogP contribution in [0.3, 0.4) is 0 Å². The standard InChI is InChI=1S/C10H12O2/c1-4-7-8(11)5-10(2,3)6-9(7)12/h1,5-6H2,2-3H3. The fourth-order valence-corrected chi connectivity index (χ4v) is 1.46. The fraction of sp³-hybridized carbons (Fsp3) is 0.500. The van der Waals surface area contributed by atoms with Crippen LogP contribution in [0.2, 0.25) is 0 Å². The minimum atomic E-state index is -0.186. The van der Waals surface area contributed by atoms with Crippen molar-refractivity contribution in [2.75, 3.05) is 0 Å². The zero-order valence-electron chi connectivity index (χ0n) is 7.44. The molecule has 1 saturated carbocycles. The van der Waals surface area contributed by atoms with E-state index in [2.05, 4.69) is 12.3 Å². The lowest BCUT2D eigenvalue weighted by Gasteiger charge is -2.27. The summed E-state index contributed by atoms with van der Waals surface area (Å²) in [6.07, 6.45) is 0.854. The molecule has 0 heterocycles. The smallest absolute Gasteiger partial charge is 0.174 e. The van der Waals surface area contributed by atoms with E-state index in [9.17, 15) is 9.59 Å². The molecule has 0 aliphatic heterocycles. The molecule has 0 aromatic carbocycles. The van der Waals surface area contributed by atoms with Crippen molar-refractivity contribution in [3.63, 3.8) is 0 Å². The molecule has 0 radical (unpaired) electrons. The second kappa shape index (κ2) is 2.72. The summed E-state index contributed by atoms with van der Waals surface area (Å²) < 4.78 is 0. The summed E-state index contributed by atoms with van der Waals surface area (Å²) >= 11 is 0. The SMILES string of the molecule is C=C=C1C(=O)CC(C)(C)CC1=O. The molecule has 2 heteroatoms. The normalized spacial score (nSPS) is 22.3. The van der Waals surface area contributed by atoms with Crippen molar-refractivity contribution in [1.29, 1.82) is 0 Å². The van der Waals surface area contributed by atoms with Gasteiger partial charge in [0.05, 0.1) is 0 Å². The van der Waals surface area contributed by atoms with Gasteiger partial charge in [0.1, 0.15) is 5.57 Å². The van der Waals surface area contributed by atoms with Gasteiger partial charge in [-0.05, 0) is 5.41 Å². The molecule has 1 aliphatic rings. The van der Waals surface area contributed by atoms with E-state index in [1.807, 2.05) is 13.8 Å². The Morgan fingerprint density at radius 1 is 1.25 bits per heavy atom. The molecule has 0 atom stereocenters. The van der Waals surface area contributed by atoms with Gasteiger partial charge in [-0.1, -0.05) is 20.4 Å². The Morgan fingerprint density at radius 3 is 2.00 bits per heavy atom. The summed E-state index contributed by atoms with van der Waals surface area (Å²) in [5, 5.41) is 0. The highest BCUT2D eigenvalue weighted by molar-refractivity contribution is 6.21. The Morgan fingerprint density at radius 2 is 1.67 bits per heavy atom. The first-order chi connectivity index (χ1) is 5.46. The minimum absolute atomic E-state index is 0.119. The molecule has 1 aliphatic carbocycles. The largest absolute Gasteiger partial charge is 0.293 e. The first-order valence-corrected chi connectivity index (χ1v) is 3.93. The van der Waals surface area contributed by atoms with Crippen LogP contribution in [0.25, 0.3) is 0 Å². The molecule has 1 rings (SSSR count). The number of hydrogen-bond acceptors (Lipinski definition) is 2. The highest BCUT2D eigenvalue weighted by Crippen LogP contribution is 2.32. The van der Waals surface area contributed by atoms with Crippen molar-refractivity contribution in [2.45, 2.75) is 26.7 Å². The number of hydrogen-bond donors (Lipinski definition) is 0. The van der Waals surface area contributed by atoms with E-state index in [0.29, 0.717) is 12.8 Å². The molecule has 0 spiro atoms. The number of allylic oxidation sites excluding steroid dienone is 1. The van der Waals surface area contributed by atoms with Crippen LogP contribution in [0.4, 0.5) is 0 Å². The Kier molecular flexibility index (Phi) is 2.03. The topological polar surface area (TPSA) is 34.1 Å². The molecule has 2 nitrogen and oxygen atoms in total. The van der Waals surface area contributed by atoms with Crippen LogP contribution in [0, 0.1) is 5.41 Å². The Bertz CT molecular complexity index is 269. The van der Waals surface area contributed by atoms with Gasteiger partial charge in [-0.15, -0.1) is 5.73 Å². The number of carbonyl (C=O) groups excluding carboxylic acids is 2. The monoisotopic (exact) mass is 164 g/mol. The summed E-state index contributed by atoms with van der Waals surface area (Å²) in [5.41, 5.74) is 2.38. The lowest BCUT2D eigenvalue weighted by Crippen LogP contribution is -2.30. The van der Waals surface area contributed by atoms with E-state index in [1.165, 1.54) is 0 Å². The summed E-state index contributed by atoms with van der Waals surface area (Å²) in [5.74, 6) is -0.238. The van der Waals surface area contributed by atoms with Gasteiger partial charge < -0.3 is 0 Å². The number of carbonyl (C=O) groups is 2. The zero-order chi connectivity index (χ0) is 9.35. The van der Waals surface area contributed by atoms with Crippen molar-refractivity contribution >= 4 is 11.6 Å². The van der Waals surface area contributed by atoms with E-state index in [4.69, 9.17) is 0 Å². The third-order valence-electron chi connectivity index (χ3n) is 2.01. The van der Waals surface area contributed by atoms with Gasteiger partial charge in [0, 0.05) is 12.8 Å². The van der Waals surface area contributed by atoms with Crippen LogP contribution in [0.5, 0.6) is 0 Å². The van der Waals surface area contributed by atoms with Crippen LogP contribution in [0.1, 0.15) is 26.7 Å². The molecule has 12 heavy (non-hydrogen) atoms. The van der Waals surface area contributed by atoms with E-state index in [-0.39, 0.29) is 22.6 Å². The van der Waals surface area contributed by atoms with Gasteiger partial charge in [-0.2, -0.15) is 0 Å². The fourth-order valence-electron chi connectivity index (χ4n) is 1.46. The second-order valence-electron chi connectivity index (χ2n) is 3.92. The molecular weight excluding hydrogens is 152 g/mol. The van der Waals surface area contributed by atoms with Gasteiger partial charge in [0.25, 0.3) is 0 Å². The second-order valence-corrected chi connectivity index (χ2v) is 3.92. The number of Topliss-reactive ketones (excluding diaryl/α,β-unsaturated/α-hetero) is 2. The highest BCUT2D eigenvalue weighted by Gasteiger charge is 2.35. The Labute approximate surface area is 72.0 Å². The molecule has 64 valence electrons. The molecule has 0 bridgehead atoms. The first-order valence-electron chi connectivity index (χ1n) is 3.93. The number of ketones is 2. The Hall–Kier alpha value is -1.14. The highest BCUT2D eigenvalue weighted by atomic mass is 16.1. The average Bonchev–Trinajstić information content (AvgIpc) is 1.82. The third-order valence-corrected chi connectivity index (χ3v) is 2.01. The van der Waals surface area contributed by atoms with Crippen LogP contribution < -0.4 is 0 Å². The molecule has 0 saturated heterocycles. The predicted molar refractivity (Wildman–Crippen MR) is 45.7 cm³/mol. The van der Waals surface area contributed by atoms with Crippen molar-refractivity contribution in [1.82, 2.24) is 0 Å². The molecule has 0 N–H and O–H groups in total. The van der Waals surface area contributed by atoms with Crippen molar-refractivity contribution < 1.29 is 9.59 Å². The predicted octanol–water partition coefficient (Wildman–Crippen LogP) is 1.66. The first kappa shape index (κ1) is 8.95. The third kappa shape index (κ3) is 1.54. The molecule has 1 fully saturated rings. The summed E-state index contributed by atoms with van der Waals surface area (Å²) in [6, 6.07) is 0. The maximum absolute atomic E-state index is 11.3. The van der Waals surface area contributed by atoms with E-state index >= 15 is 0 Å². The van der Waals surface area contributed by atoms with Crippen LogP contribution in [-0.2, 0) is 9.59 Å². The van der Waals surface area contributed by atoms with E-state index < -0.39 is 0 Å². The average molecular weight is 164 g/mol. The minimum Gasteiger partial charge on any atom is -0.293 e. The maximum Gasteiger partial charge on any atom is 0.174 e. The van der Waals surface area contributed by atoms with Crippen molar-refractivity contribution in [3.05, 3.63) is 17.9 Å². The van der Waals surface area contributed by atoms with Crippen LogP contribution in [-0.4, -0.2) is 11.6 Å². The molecule has 0 amide bonds. The van der Waals surface area contributed by atoms with Crippen LogP contribution >= 0.6 is 0 Å². The molecule has 0 unspecified atom stereocenters. The number of rotatable bonds is 0. The van der Waals surface area contributed by atoms with Crippen molar-refractivity contribution in [2.24, 2.45) is 5.41 Å². The Balaban J connectivity index is 3.00. The van der Waals surface area contributed by atoms with Gasteiger partial charge >= 0.3 is 0 Å². The van der Waals surface area contributed by atoms with E-state index in [0.717, 1.165) is 0 Å². The lowest BCUT2D eigenvalue weighted by molar-refractivity contribution is -0.127. The molecule has 0 aromatic heterocycles. The van der Waals surface area contributed by atoms with Gasteiger partial charge in [-0.3, -0.25) is 9.59 Å². The van der Waals surface area contributed by atoms with Gasteiger partial charge in [0.2, 0.25) is 0 Å². The summed E-state index contributed by atoms with van der Waals surface area (Å²) in [7, 11) is 0. The quantitative estimate of drug-likeness (QED) is 0.310. The lowest BCUT2D eigenvalue weighted by atomic mass is 9.74. The van der Waals surface area contributed by atoms with E-state index in [1.54, 1.807) is 0 Å². The van der Waals surface area contributed by atoms with Gasteiger partial charge in [0.15, 0.2) is 11.6 Å².